The third kappa shape index (κ3) is 2.14. The lowest BCUT2D eigenvalue weighted by Crippen LogP contribution is -2.12. The Morgan fingerprint density at radius 3 is 2.63 bits per heavy atom. The average Bonchev–Trinajstić information content (AvgIpc) is 2.77. The van der Waals surface area contributed by atoms with Crippen LogP contribution in [-0.4, -0.2) is 12.9 Å². The van der Waals surface area contributed by atoms with E-state index in [1.165, 1.54) is 5.56 Å². The highest BCUT2D eigenvalue weighted by atomic mass is 16.5. The van der Waals surface area contributed by atoms with E-state index in [1.807, 2.05) is 42.5 Å². The number of hydrogen-bond acceptors (Lipinski definition) is 2. The van der Waals surface area contributed by atoms with Gasteiger partial charge in [0.1, 0.15) is 5.75 Å². The summed E-state index contributed by atoms with van der Waals surface area (Å²) in [7, 11) is 1.67. The summed E-state index contributed by atoms with van der Waals surface area (Å²) >= 11 is 0. The van der Waals surface area contributed by atoms with Crippen molar-refractivity contribution < 1.29 is 9.53 Å². The summed E-state index contributed by atoms with van der Waals surface area (Å²) in [6.07, 6.45) is 1.59. The standard InChI is InChI=1S/C17H16O2/c1-19-16-9-5-3-7-13(16)11-14-10-12-6-2-4-8-15(12)17(14)18/h2-9,14H,10-11H2,1H3. The molecule has 2 heteroatoms. The molecule has 2 nitrogen and oxygen atoms in total. The average molecular weight is 252 g/mol. The first-order chi connectivity index (χ1) is 9.29. The molecule has 1 aliphatic carbocycles. The van der Waals surface area contributed by atoms with Gasteiger partial charge < -0.3 is 4.74 Å². The monoisotopic (exact) mass is 252 g/mol. The zero-order valence-electron chi connectivity index (χ0n) is 10.9. The molecule has 96 valence electrons. The van der Waals surface area contributed by atoms with Crippen molar-refractivity contribution in [1.29, 1.82) is 0 Å². The van der Waals surface area contributed by atoms with E-state index in [-0.39, 0.29) is 11.7 Å². The molecule has 0 fully saturated rings. The van der Waals surface area contributed by atoms with E-state index >= 15 is 0 Å². The van der Waals surface area contributed by atoms with E-state index < -0.39 is 0 Å². The van der Waals surface area contributed by atoms with Gasteiger partial charge in [-0.15, -0.1) is 0 Å². The fourth-order valence-electron chi connectivity index (χ4n) is 2.82. The summed E-state index contributed by atoms with van der Waals surface area (Å²) in [5.41, 5.74) is 3.17. The number of ketones is 1. The highest BCUT2D eigenvalue weighted by Crippen LogP contribution is 2.31. The minimum absolute atomic E-state index is 0.0497. The van der Waals surface area contributed by atoms with Gasteiger partial charge >= 0.3 is 0 Å². The molecular weight excluding hydrogens is 236 g/mol. The largest absolute Gasteiger partial charge is 0.496 e. The summed E-state index contributed by atoms with van der Waals surface area (Å²) in [6.45, 7) is 0. The molecule has 19 heavy (non-hydrogen) atoms. The minimum atomic E-state index is 0.0497. The molecule has 0 aromatic heterocycles. The maximum Gasteiger partial charge on any atom is 0.166 e. The Morgan fingerprint density at radius 1 is 1.11 bits per heavy atom. The Labute approximate surface area is 113 Å². The summed E-state index contributed by atoms with van der Waals surface area (Å²) in [4.78, 5) is 12.4. The molecule has 0 amide bonds. The molecule has 3 rings (SSSR count). The third-order valence-corrected chi connectivity index (χ3v) is 3.78. The summed E-state index contributed by atoms with van der Waals surface area (Å²) in [5.74, 6) is 1.18. The Hall–Kier alpha value is -2.09. The van der Waals surface area contributed by atoms with Crippen LogP contribution in [0.2, 0.25) is 0 Å². The molecule has 2 aromatic rings. The number of Topliss-reactive ketones (excluding diaryl/α,β-unsaturated/α-hetero) is 1. The van der Waals surface area contributed by atoms with Crippen LogP contribution in [0.25, 0.3) is 0 Å². The van der Waals surface area contributed by atoms with Crippen LogP contribution in [-0.2, 0) is 12.8 Å². The van der Waals surface area contributed by atoms with Gasteiger partial charge in [0.15, 0.2) is 5.78 Å². The molecule has 0 N–H and O–H groups in total. The molecular formula is C17H16O2. The summed E-state index contributed by atoms with van der Waals surface area (Å²) < 4.78 is 5.36. The lowest BCUT2D eigenvalue weighted by Gasteiger charge is -2.11. The SMILES string of the molecule is COc1ccccc1CC1Cc2ccccc2C1=O. The van der Waals surface area contributed by atoms with Crippen molar-refractivity contribution in [3.63, 3.8) is 0 Å². The van der Waals surface area contributed by atoms with Crippen molar-refractivity contribution in [1.82, 2.24) is 0 Å². The predicted molar refractivity (Wildman–Crippen MR) is 74.7 cm³/mol. The number of fused-ring (bicyclic) bond motifs is 1. The van der Waals surface area contributed by atoms with Crippen molar-refractivity contribution >= 4 is 5.78 Å². The van der Waals surface area contributed by atoms with Gasteiger partial charge in [-0.25, -0.2) is 0 Å². The number of hydrogen-bond donors (Lipinski definition) is 0. The number of ether oxygens (including phenoxy) is 1. The molecule has 2 aromatic carbocycles. The molecule has 0 radical (unpaired) electrons. The van der Waals surface area contributed by atoms with Gasteiger partial charge in [-0.2, -0.15) is 0 Å². The molecule has 0 saturated carbocycles. The van der Waals surface area contributed by atoms with E-state index in [0.29, 0.717) is 0 Å². The van der Waals surface area contributed by atoms with Crippen molar-refractivity contribution in [2.24, 2.45) is 5.92 Å². The highest BCUT2D eigenvalue weighted by Gasteiger charge is 2.30. The third-order valence-electron chi connectivity index (χ3n) is 3.78. The molecule has 1 unspecified atom stereocenters. The fraction of sp³-hybridized carbons (Fsp3) is 0.235. The van der Waals surface area contributed by atoms with Crippen molar-refractivity contribution in [3.05, 3.63) is 65.2 Å². The summed E-state index contributed by atoms with van der Waals surface area (Å²) in [5, 5.41) is 0. The molecule has 0 spiro atoms. The second-order valence-corrected chi connectivity index (χ2v) is 4.94. The number of para-hydroxylation sites is 1. The van der Waals surface area contributed by atoms with Crippen LogP contribution in [0.1, 0.15) is 21.5 Å². The van der Waals surface area contributed by atoms with Gasteiger partial charge in [0.25, 0.3) is 0 Å². The molecule has 1 atom stereocenters. The van der Waals surface area contributed by atoms with Gasteiger partial charge in [-0.1, -0.05) is 42.5 Å². The van der Waals surface area contributed by atoms with Gasteiger partial charge in [0, 0.05) is 11.5 Å². The summed E-state index contributed by atoms with van der Waals surface area (Å²) in [6, 6.07) is 15.8. The molecule has 0 saturated heterocycles. The maximum absolute atomic E-state index is 12.4. The van der Waals surface area contributed by atoms with Gasteiger partial charge in [0.05, 0.1) is 7.11 Å². The van der Waals surface area contributed by atoms with Crippen molar-refractivity contribution in [2.75, 3.05) is 7.11 Å². The Kier molecular flexibility index (Phi) is 3.08. The van der Waals surface area contributed by atoms with Gasteiger partial charge in [-0.05, 0) is 30.0 Å². The fourth-order valence-corrected chi connectivity index (χ4v) is 2.82. The van der Waals surface area contributed by atoms with E-state index in [0.717, 1.165) is 29.7 Å². The number of benzene rings is 2. The first kappa shape index (κ1) is 12.0. The van der Waals surface area contributed by atoms with Crippen LogP contribution < -0.4 is 4.74 Å². The van der Waals surface area contributed by atoms with E-state index in [2.05, 4.69) is 6.07 Å². The van der Waals surface area contributed by atoms with E-state index in [4.69, 9.17) is 4.74 Å². The lowest BCUT2D eigenvalue weighted by atomic mass is 9.95. The topological polar surface area (TPSA) is 26.3 Å². The first-order valence-electron chi connectivity index (χ1n) is 6.53. The van der Waals surface area contributed by atoms with Crippen molar-refractivity contribution in [3.8, 4) is 5.75 Å². The second-order valence-electron chi connectivity index (χ2n) is 4.94. The highest BCUT2D eigenvalue weighted by molar-refractivity contribution is 6.02. The Balaban J connectivity index is 1.85. The number of rotatable bonds is 3. The molecule has 0 heterocycles. The normalized spacial score (nSPS) is 17.3. The quantitative estimate of drug-likeness (QED) is 0.837. The Morgan fingerprint density at radius 2 is 1.84 bits per heavy atom. The number of carbonyl (C=O) groups is 1. The zero-order valence-corrected chi connectivity index (χ0v) is 10.9. The first-order valence-corrected chi connectivity index (χ1v) is 6.53. The van der Waals surface area contributed by atoms with Crippen LogP contribution in [0.5, 0.6) is 5.75 Å². The molecule has 0 aliphatic heterocycles. The van der Waals surface area contributed by atoms with E-state index in [1.54, 1.807) is 7.11 Å². The zero-order chi connectivity index (χ0) is 13.2. The van der Waals surface area contributed by atoms with Crippen LogP contribution in [0.15, 0.2) is 48.5 Å². The van der Waals surface area contributed by atoms with Crippen LogP contribution in [0.3, 0.4) is 0 Å². The van der Waals surface area contributed by atoms with Gasteiger partial charge in [-0.3, -0.25) is 4.79 Å². The second kappa shape index (κ2) is 4.88. The molecule has 0 bridgehead atoms. The van der Waals surface area contributed by atoms with Crippen molar-refractivity contribution in [2.45, 2.75) is 12.8 Å². The minimum Gasteiger partial charge on any atom is -0.496 e. The maximum atomic E-state index is 12.4. The number of methoxy groups -OCH3 is 1. The van der Waals surface area contributed by atoms with E-state index in [9.17, 15) is 4.79 Å². The number of carbonyl (C=O) groups excluding carboxylic acids is 1. The van der Waals surface area contributed by atoms with Crippen LogP contribution in [0, 0.1) is 5.92 Å². The van der Waals surface area contributed by atoms with Crippen LogP contribution >= 0.6 is 0 Å². The van der Waals surface area contributed by atoms with Crippen LogP contribution in [0.4, 0.5) is 0 Å². The van der Waals surface area contributed by atoms with Gasteiger partial charge in [0.2, 0.25) is 0 Å². The lowest BCUT2D eigenvalue weighted by molar-refractivity contribution is 0.0936. The molecule has 1 aliphatic rings. The Bertz CT molecular complexity index is 616. The predicted octanol–water partition coefficient (Wildman–Crippen LogP) is 3.29. The smallest absolute Gasteiger partial charge is 0.166 e.